The first-order chi connectivity index (χ1) is 9.18. The summed E-state index contributed by atoms with van der Waals surface area (Å²) in [6.07, 6.45) is 1.98. The molecule has 0 aliphatic carbocycles. The zero-order chi connectivity index (χ0) is 15.5. The summed E-state index contributed by atoms with van der Waals surface area (Å²) in [6, 6.07) is 5.16. The number of nitrogens with zero attached hydrogens (tertiary/aromatic N) is 1. The molecule has 0 aliphatic heterocycles. The molecule has 0 radical (unpaired) electrons. The van der Waals surface area contributed by atoms with Gasteiger partial charge >= 0.3 is 0 Å². The van der Waals surface area contributed by atoms with Gasteiger partial charge in [0.05, 0.1) is 11.9 Å². The highest BCUT2D eigenvalue weighted by atomic mass is 32.2. The molecule has 1 aromatic carbocycles. The summed E-state index contributed by atoms with van der Waals surface area (Å²) in [4.78, 5) is 12.2. The zero-order valence-electron chi connectivity index (χ0n) is 12.6. The van der Waals surface area contributed by atoms with Gasteiger partial charge in [-0.3, -0.25) is 9.10 Å². The maximum Gasteiger partial charge on any atom is 0.251 e. The quantitative estimate of drug-likeness (QED) is 0.903. The average molecular weight is 298 g/mol. The highest BCUT2D eigenvalue weighted by Crippen LogP contribution is 2.24. The Morgan fingerprint density at radius 1 is 1.40 bits per heavy atom. The van der Waals surface area contributed by atoms with Gasteiger partial charge in [0.15, 0.2) is 0 Å². The van der Waals surface area contributed by atoms with E-state index in [9.17, 15) is 13.2 Å². The number of sulfonamides is 1. The van der Waals surface area contributed by atoms with E-state index in [1.807, 2.05) is 13.8 Å². The molecule has 0 saturated heterocycles. The summed E-state index contributed by atoms with van der Waals surface area (Å²) in [5.41, 5.74) is 1.67. The van der Waals surface area contributed by atoms with Crippen LogP contribution in [0.3, 0.4) is 0 Å². The lowest BCUT2D eigenvalue weighted by Crippen LogP contribution is -2.33. The van der Waals surface area contributed by atoms with Crippen molar-refractivity contribution in [3.63, 3.8) is 0 Å². The molecule has 1 rings (SSSR count). The number of benzene rings is 1. The van der Waals surface area contributed by atoms with Crippen molar-refractivity contribution in [1.29, 1.82) is 0 Å². The molecule has 0 fully saturated rings. The predicted octanol–water partition coefficient (Wildman–Crippen LogP) is 1.92. The van der Waals surface area contributed by atoms with Crippen molar-refractivity contribution in [2.24, 2.45) is 0 Å². The molecule has 0 bridgehead atoms. The van der Waals surface area contributed by atoms with E-state index in [2.05, 4.69) is 5.32 Å². The van der Waals surface area contributed by atoms with Crippen LogP contribution in [-0.4, -0.2) is 33.7 Å². The van der Waals surface area contributed by atoms with Gasteiger partial charge in [-0.15, -0.1) is 0 Å². The van der Waals surface area contributed by atoms with Crippen molar-refractivity contribution < 1.29 is 13.2 Å². The Morgan fingerprint density at radius 2 is 2.00 bits per heavy atom. The SMILES string of the molecule is CCC(C)NC(=O)c1cccc(N(C)S(C)(=O)=O)c1C. The van der Waals surface area contributed by atoms with Gasteiger partial charge in [0.25, 0.3) is 5.91 Å². The van der Waals surface area contributed by atoms with Crippen LogP contribution in [-0.2, 0) is 10.0 Å². The Hall–Kier alpha value is -1.56. The van der Waals surface area contributed by atoms with Crippen molar-refractivity contribution in [3.8, 4) is 0 Å². The van der Waals surface area contributed by atoms with Gasteiger partial charge in [-0.05, 0) is 38.0 Å². The highest BCUT2D eigenvalue weighted by Gasteiger charge is 2.18. The van der Waals surface area contributed by atoms with Crippen LogP contribution < -0.4 is 9.62 Å². The fraction of sp³-hybridized carbons (Fsp3) is 0.500. The number of anilines is 1. The van der Waals surface area contributed by atoms with E-state index in [-0.39, 0.29) is 11.9 Å². The molecule has 0 aromatic heterocycles. The fourth-order valence-corrected chi connectivity index (χ4v) is 2.35. The topological polar surface area (TPSA) is 66.5 Å². The number of amides is 1. The molecule has 1 N–H and O–H groups in total. The van der Waals surface area contributed by atoms with E-state index < -0.39 is 10.0 Å². The van der Waals surface area contributed by atoms with Crippen molar-refractivity contribution in [1.82, 2.24) is 5.32 Å². The lowest BCUT2D eigenvalue weighted by Gasteiger charge is -2.21. The lowest BCUT2D eigenvalue weighted by molar-refractivity contribution is 0.0938. The van der Waals surface area contributed by atoms with Crippen molar-refractivity contribution in [3.05, 3.63) is 29.3 Å². The lowest BCUT2D eigenvalue weighted by atomic mass is 10.1. The normalized spacial score (nSPS) is 12.8. The minimum Gasteiger partial charge on any atom is -0.350 e. The first kappa shape index (κ1) is 16.5. The van der Waals surface area contributed by atoms with Crippen LogP contribution in [0.1, 0.15) is 36.2 Å². The number of rotatable bonds is 5. The number of hydrogen-bond acceptors (Lipinski definition) is 3. The largest absolute Gasteiger partial charge is 0.350 e. The average Bonchev–Trinajstić information content (AvgIpc) is 2.36. The number of carbonyl (C=O) groups excluding carboxylic acids is 1. The third-order valence-electron chi connectivity index (χ3n) is 3.38. The van der Waals surface area contributed by atoms with E-state index in [4.69, 9.17) is 0 Å². The molecule has 0 spiro atoms. The second kappa shape index (κ2) is 6.26. The maximum atomic E-state index is 12.2. The monoisotopic (exact) mass is 298 g/mol. The fourth-order valence-electron chi connectivity index (χ4n) is 1.79. The number of hydrogen-bond donors (Lipinski definition) is 1. The Kier molecular flexibility index (Phi) is 5.16. The van der Waals surface area contributed by atoms with Crippen molar-refractivity contribution >= 4 is 21.6 Å². The van der Waals surface area contributed by atoms with Gasteiger partial charge in [-0.2, -0.15) is 0 Å². The minimum absolute atomic E-state index is 0.0817. The van der Waals surface area contributed by atoms with Crippen LogP contribution >= 0.6 is 0 Å². The van der Waals surface area contributed by atoms with E-state index in [0.29, 0.717) is 16.8 Å². The van der Waals surface area contributed by atoms with Gasteiger partial charge in [-0.1, -0.05) is 13.0 Å². The number of carbonyl (C=O) groups is 1. The van der Waals surface area contributed by atoms with E-state index in [1.165, 1.54) is 11.4 Å². The zero-order valence-corrected chi connectivity index (χ0v) is 13.4. The molecule has 6 heteroatoms. The van der Waals surface area contributed by atoms with Crippen LogP contribution in [0, 0.1) is 6.92 Å². The summed E-state index contributed by atoms with van der Waals surface area (Å²) in [5, 5.41) is 2.88. The van der Waals surface area contributed by atoms with Crippen LogP contribution in [0.15, 0.2) is 18.2 Å². The summed E-state index contributed by atoms with van der Waals surface area (Å²) in [6.45, 7) is 5.67. The molecule has 112 valence electrons. The molecular formula is C14H22N2O3S. The van der Waals surface area contributed by atoms with Crippen LogP contribution in [0.2, 0.25) is 0 Å². The van der Waals surface area contributed by atoms with E-state index in [1.54, 1.807) is 25.1 Å². The third-order valence-corrected chi connectivity index (χ3v) is 4.57. The minimum atomic E-state index is -3.35. The summed E-state index contributed by atoms with van der Waals surface area (Å²) in [7, 11) is -1.87. The van der Waals surface area contributed by atoms with E-state index >= 15 is 0 Å². The second-order valence-electron chi connectivity index (χ2n) is 4.96. The van der Waals surface area contributed by atoms with Crippen LogP contribution in [0.4, 0.5) is 5.69 Å². The first-order valence-corrected chi connectivity index (χ1v) is 8.37. The first-order valence-electron chi connectivity index (χ1n) is 6.52. The summed E-state index contributed by atoms with van der Waals surface area (Å²) >= 11 is 0. The van der Waals surface area contributed by atoms with Gasteiger partial charge in [0, 0.05) is 18.7 Å². The summed E-state index contributed by atoms with van der Waals surface area (Å²) in [5.74, 6) is -0.180. The molecule has 1 aromatic rings. The van der Waals surface area contributed by atoms with Gasteiger partial charge in [-0.25, -0.2) is 8.42 Å². The Bertz CT molecular complexity index is 596. The molecular weight excluding hydrogens is 276 g/mol. The maximum absolute atomic E-state index is 12.2. The standard InChI is InChI=1S/C14H22N2O3S/c1-6-10(2)15-14(17)12-8-7-9-13(11(12)3)16(4)20(5,18)19/h7-10H,6H2,1-5H3,(H,15,17). The Balaban J connectivity index is 3.17. The van der Waals surface area contributed by atoms with Gasteiger partial charge < -0.3 is 5.32 Å². The molecule has 1 unspecified atom stereocenters. The second-order valence-corrected chi connectivity index (χ2v) is 6.98. The van der Waals surface area contributed by atoms with Crippen molar-refractivity contribution in [2.45, 2.75) is 33.2 Å². The van der Waals surface area contributed by atoms with Crippen LogP contribution in [0.25, 0.3) is 0 Å². The molecule has 5 nitrogen and oxygen atoms in total. The molecule has 1 amide bonds. The summed E-state index contributed by atoms with van der Waals surface area (Å²) < 4.78 is 24.4. The molecule has 1 atom stereocenters. The van der Waals surface area contributed by atoms with Crippen molar-refractivity contribution in [2.75, 3.05) is 17.6 Å². The molecule has 0 aliphatic rings. The predicted molar refractivity (Wildman–Crippen MR) is 81.6 cm³/mol. The molecule has 0 heterocycles. The highest BCUT2D eigenvalue weighted by molar-refractivity contribution is 7.92. The van der Waals surface area contributed by atoms with Gasteiger partial charge in [0.2, 0.25) is 10.0 Å². The van der Waals surface area contributed by atoms with Gasteiger partial charge in [0.1, 0.15) is 0 Å². The Labute approximate surface area is 121 Å². The molecule has 20 heavy (non-hydrogen) atoms. The third kappa shape index (κ3) is 3.72. The number of nitrogens with one attached hydrogen (secondary N) is 1. The van der Waals surface area contributed by atoms with E-state index in [0.717, 1.165) is 12.7 Å². The smallest absolute Gasteiger partial charge is 0.251 e. The Morgan fingerprint density at radius 3 is 2.50 bits per heavy atom. The molecule has 0 saturated carbocycles. The van der Waals surface area contributed by atoms with Crippen LogP contribution in [0.5, 0.6) is 0 Å².